The van der Waals surface area contributed by atoms with E-state index in [1.54, 1.807) is 0 Å². The minimum absolute atomic E-state index is 0.0147. The number of nitrogens with one attached hydrogen (secondary N) is 2. The summed E-state index contributed by atoms with van der Waals surface area (Å²) in [6, 6.07) is -0.243. The Morgan fingerprint density at radius 3 is 2.63 bits per heavy atom. The molecule has 0 aliphatic heterocycles. The van der Waals surface area contributed by atoms with Crippen LogP contribution in [0.1, 0.15) is 6.42 Å². The molecule has 0 spiro atoms. The van der Waals surface area contributed by atoms with Crippen LogP contribution >= 0.6 is 0 Å². The first-order chi connectivity index (χ1) is 8.93. The number of aryl methyl sites for hydroxylation is 1. The highest BCUT2D eigenvalue weighted by molar-refractivity contribution is 5.83. The number of rotatable bonds is 6. The number of aromatic nitrogens is 2. The van der Waals surface area contributed by atoms with E-state index in [0.717, 1.165) is 10.6 Å². The monoisotopic (exact) mass is 271 g/mol. The predicted octanol–water partition coefficient (Wildman–Crippen LogP) is -2.51. The molecule has 0 saturated carbocycles. The van der Waals surface area contributed by atoms with Gasteiger partial charge in [-0.15, -0.1) is 0 Å². The number of amides is 1. The van der Waals surface area contributed by atoms with Gasteiger partial charge in [0.2, 0.25) is 5.91 Å². The number of carbonyl (C=O) groups is 2. The Hall–Kier alpha value is -2.42. The van der Waals surface area contributed by atoms with Gasteiger partial charge in [0.15, 0.2) is 0 Å². The van der Waals surface area contributed by atoms with Gasteiger partial charge in [-0.25, -0.2) is 9.59 Å². The van der Waals surface area contributed by atoms with E-state index in [-0.39, 0.29) is 13.0 Å². The summed E-state index contributed by atoms with van der Waals surface area (Å²) in [6.45, 7) is -0.737. The Balaban J connectivity index is 2.57. The van der Waals surface area contributed by atoms with Crippen LogP contribution in [0.3, 0.4) is 0 Å². The van der Waals surface area contributed by atoms with E-state index in [0.29, 0.717) is 0 Å². The molecule has 1 heterocycles. The number of aliphatic carboxylic acids is 1. The van der Waals surface area contributed by atoms with Gasteiger partial charge in [-0.2, -0.15) is 0 Å². The summed E-state index contributed by atoms with van der Waals surface area (Å²) in [5.41, 5.74) is -1.20. The van der Waals surface area contributed by atoms with Gasteiger partial charge in [-0.3, -0.25) is 14.6 Å². The lowest BCUT2D eigenvalue weighted by Gasteiger charge is -2.11. The molecule has 0 aliphatic rings. The number of carboxylic acids is 1. The number of aliphatic hydroxyl groups excluding tert-OH is 1. The maximum Gasteiger partial charge on any atom is 0.328 e. The van der Waals surface area contributed by atoms with Crippen LogP contribution in [-0.2, 0) is 16.1 Å². The lowest BCUT2D eigenvalue weighted by molar-refractivity contribution is -0.143. The van der Waals surface area contributed by atoms with Crippen LogP contribution in [0.25, 0.3) is 0 Å². The molecule has 19 heavy (non-hydrogen) atoms. The van der Waals surface area contributed by atoms with Gasteiger partial charge in [0.05, 0.1) is 6.61 Å². The summed E-state index contributed by atoms with van der Waals surface area (Å²) in [5.74, 6) is -1.98. The molecule has 1 aromatic rings. The second kappa shape index (κ2) is 6.50. The molecule has 0 fully saturated rings. The van der Waals surface area contributed by atoms with E-state index < -0.39 is 35.8 Å². The van der Waals surface area contributed by atoms with Crippen molar-refractivity contribution in [3.63, 3.8) is 0 Å². The maximum atomic E-state index is 11.4. The lowest BCUT2D eigenvalue weighted by atomic mass is 10.3. The van der Waals surface area contributed by atoms with Gasteiger partial charge >= 0.3 is 11.7 Å². The number of carbonyl (C=O) groups excluding carboxylic acids is 1. The molecule has 1 atom stereocenters. The summed E-state index contributed by atoms with van der Waals surface area (Å²) < 4.78 is 1.11. The van der Waals surface area contributed by atoms with Crippen molar-refractivity contribution >= 4 is 11.9 Å². The van der Waals surface area contributed by atoms with Gasteiger partial charge < -0.3 is 20.1 Å². The first-order valence-electron chi connectivity index (χ1n) is 5.37. The smallest absolute Gasteiger partial charge is 0.328 e. The second-order valence-electron chi connectivity index (χ2n) is 3.69. The fraction of sp³-hybridized carbons (Fsp3) is 0.400. The number of aromatic amines is 1. The van der Waals surface area contributed by atoms with Gasteiger partial charge in [0.25, 0.3) is 5.56 Å². The Morgan fingerprint density at radius 2 is 2.11 bits per heavy atom. The Morgan fingerprint density at radius 1 is 1.42 bits per heavy atom. The molecule has 0 aliphatic carbocycles. The maximum absolute atomic E-state index is 11.4. The van der Waals surface area contributed by atoms with Crippen LogP contribution in [-0.4, -0.2) is 44.3 Å². The van der Waals surface area contributed by atoms with Crippen molar-refractivity contribution in [3.05, 3.63) is 33.1 Å². The molecule has 9 heteroatoms. The van der Waals surface area contributed by atoms with Gasteiger partial charge in [-0.05, 0) is 0 Å². The van der Waals surface area contributed by atoms with Crippen molar-refractivity contribution in [1.29, 1.82) is 0 Å². The highest BCUT2D eigenvalue weighted by Crippen LogP contribution is 1.89. The summed E-state index contributed by atoms with van der Waals surface area (Å²) in [4.78, 5) is 46.1. The summed E-state index contributed by atoms with van der Waals surface area (Å²) in [7, 11) is 0. The molecule has 104 valence electrons. The minimum atomic E-state index is -1.38. The zero-order chi connectivity index (χ0) is 14.4. The molecule has 0 saturated heterocycles. The molecule has 1 unspecified atom stereocenters. The molecular weight excluding hydrogens is 258 g/mol. The molecule has 1 aromatic heterocycles. The third kappa shape index (κ3) is 4.39. The van der Waals surface area contributed by atoms with E-state index in [2.05, 4.69) is 5.32 Å². The van der Waals surface area contributed by atoms with Crippen molar-refractivity contribution in [2.75, 3.05) is 6.61 Å². The van der Waals surface area contributed by atoms with E-state index >= 15 is 0 Å². The zero-order valence-electron chi connectivity index (χ0n) is 9.83. The normalized spacial score (nSPS) is 11.8. The molecule has 9 nitrogen and oxygen atoms in total. The largest absolute Gasteiger partial charge is 0.480 e. The highest BCUT2D eigenvalue weighted by atomic mass is 16.4. The van der Waals surface area contributed by atoms with E-state index in [4.69, 9.17) is 10.2 Å². The topological polar surface area (TPSA) is 141 Å². The van der Waals surface area contributed by atoms with Gasteiger partial charge in [0.1, 0.15) is 6.04 Å². The Kier molecular flexibility index (Phi) is 5.01. The molecule has 4 N–H and O–H groups in total. The summed E-state index contributed by atoms with van der Waals surface area (Å²) >= 11 is 0. The van der Waals surface area contributed by atoms with Crippen molar-refractivity contribution in [2.45, 2.75) is 19.0 Å². The van der Waals surface area contributed by atoms with Crippen LogP contribution in [0, 0.1) is 0 Å². The quantitative estimate of drug-likeness (QED) is 0.450. The first-order valence-corrected chi connectivity index (χ1v) is 5.37. The van der Waals surface area contributed by atoms with Crippen molar-refractivity contribution in [2.24, 2.45) is 0 Å². The summed E-state index contributed by atoms with van der Waals surface area (Å²) in [5, 5.41) is 19.4. The third-order valence-corrected chi connectivity index (χ3v) is 2.29. The van der Waals surface area contributed by atoms with E-state index in [1.165, 1.54) is 6.20 Å². The van der Waals surface area contributed by atoms with Crippen LogP contribution in [0.4, 0.5) is 0 Å². The van der Waals surface area contributed by atoms with Crippen LogP contribution in [0.15, 0.2) is 21.9 Å². The fourth-order valence-electron chi connectivity index (χ4n) is 1.29. The van der Waals surface area contributed by atoms with Crippen molar-refractivity contribution in [1.82, 2.24) is 14.9 Å². The van der Waals surface area contributed by atoms with Crippen LogP contribution in [0.2, 0.25) is 0 Å². The number of nitrogens with zero attached hydrogens (tertiary/aromatic N) is 1. The minimum Gasteiger partial charge on any atom is -0.480 e. The third-order valence-electron chi connectivity index (χ3n) is 2.29. The van der Waals surface area contributed by atoms with E-state index in [9.17, 15) is 19.2 Å². The Labute approximate surface area is 106 Å². The average Bonchev–Trinajstić information content (AvgIpc) is 2.34. The number of hydrogen-bond acceptors (Lipinski definition) is 5. The molecule has 1 amide bonds. The van der Waals surface area contributed by atoms with Crippen LogP contribution < -0.4 is 16.6 Å². The van der Waals surface area contributed by atoms with Crippen molar-refractivity contribution in [3.8, 4) is 0 Å². The zero-order valence-corrected chi connectivity index (χ0v) is 9.83. The molecule has 0 aromatic carbocycles. The van der Waals surface area contributed by atoms with Crippen molar-refractivity contribution < 1.29 is 19.8 Å². The van der Waals surface area contributed by atoms with Gasteiger partial charge in [0, 0.05) is 25.2 Å². The van der Waals surface area contributed by atoms with Gasteiger partial charge in [-0.1, -0.05) is 0 Å². The number of carboxylic acid groups (broad SMARTS) is 1. The SMILES string of the molecule is O=C(CCn1ccc(=O)[nH]c1=O)NC(CO)C(=O)O. The lowest BCUT2D eigenvalue weighted by Crippen LogP contribution is -2.43. The summed E-state index contributed by atoms with van der Waals surface area (Å²) in [6.07, 6.45) is 1.07. The highest BCUT2D eigenvalue weighted by Gasteiger charge is 2.18. The average molecular weight is 271 g/mol. The van der Waals surface area contributed by atoms with E-state index in [1.807, 2.05) is 4.98 Å². The second-order valence-corrected chi connectivity index (χ2v) is 3.69. The predicted molar refractivity (Wildman–Crippen MR) is 62.6 cm³/mol. The molecule has 0 bridgehead atoms. The van der Waals surface area contributed by atoms with Crippen LogP contribution in [0.5, 0.6) is 0 Å². The molecule has 0 radical (unpaired) electrons. The molecule has 1 rings (SSSR count). The fourth-order valence-corrected chi connectivity index (χ4v) is 1.29. The number of hydrogen-bond donors (Lipinski definition) is 4. The first kappa shape index (κ1) is 14.6. The number of H-pyrrole nitrogens is 1. The Bertz CT molecular complexity index is 575. The number of aliphatic hydroxyl groups is 1. The molecular formula is C10H13N3O6. The standard InChI is InChI=1S/C10H13N3O6/c14-5-6(9(17)18)11-7(15)1-3-13-4-2-8(16)12-10(13)19/h2,4,6,14H,1,3,5H2,(H,11,15)(H,17,18)(H,12,16,19).